The zero-order valence-electron chi connectivity index (χ0n) is 27.8. The second-order valence-electron chi connectivity index (χ2n) is 11.9. The van der Waals surface area contributed by atoms with Gasteiger partial charge in [-0.3, -0.25) is 0 Å². The average Bonchev–Trinajstić information content (AvgIpc) is 3.79. The van der Waals surface area contributed by atoms with Crippen LogP contribution in [-0.2, 0) is 0 Å². The molecular formula is C48H38N2. The van der Waals surface area contributed by atoms with Crippen molar-refractivity contribution in [2.24, 2.45) is 0 Å². The average molecular weight is 643 g/mol. The standard InChI is InChI=1S/2C12H9N.2C12H10/c2*1-3-7-11-9(5-1)10-6-2-4-8-12(10)13-11;2*1-3-7-11(8-4-1)12-9-5-2-6-10-12/h2*1-8,13H;2*1-10H. The van der Waals surface area contributed by atoms with Gasteiger partial charge in [0.1, 0.15) is 0 Å². The highest BCUT2D eigenvalue weighted by molar-refractivity contribution is 6.07. The normalized spacial score (nSPS) is 10.4. The van der Waals surface area contributed by atoms with E-state index in [4.69, 9.17) is 0 Å². The topological polar surface area (TPSA) is 31.6 Å². The van der Waals surface area contributed by atoms with Crippen LogP contribution in [0.1, 0.15) is 0 Å². The number of nitrogens with one attached hydrogen (secondary N) is 2. The number of hydrogen-bond acceptors (Lipinski definition) is 0. The third kappa shape index (κ3) is 7.73. The number of benzene rings is 8. The minimum absolute atomic E-state index is 1.21. The summed E-state index contributed by atoms with van der Waals surface area (Å²) in [5, 5.41) is 5.22. The molecule has 0 spiro atoms. The summed E-state index contributed by atoms with van der Waals surface area (Å²) in [5.74, 6) is 0. The van der Waals surface area contributed by atoms with E-state index in [2.05, 4.69) is 204 Å². The van der Waals surface area contributed by atoms with Gasteiger partial charge in [0.2, 0.25) is 0 Å². The predicted molar refractivity (Wildman–Crippen MR) is 215 cm³/mol. The molecule has 0 bridgehead atoms. The van der Waals surface area contributed by atoms with Gasteiger partial charge in [-0.2, -0.15) is 0 Å². The Hall–Kier alpha value is -6.64. The quantitative estimate of drug-likeness (QED) is 0.188. The number of para-hydroxylation sites is 4. The van der Waals surface area contributed by atoms with Crippen LogP contribution in [0.2, 0.25) is 0 Å². The van der Waals surface area contributed by atoms with Crippen molar-refractivity contribution in [2.75, 3.05) is 0 Å². The molecule has 0 aliphatic heterocycles. The zero-order valence-corrected chi connectivity index (χ0v) is 27.8. The van der Waals surface area contributed by atoms with E-state index in [9.17, 15) is 0 Å². The number of rotatable bonds is 2. The summed E-state index contributed by atoms with van der Waals surface area (Å²) in [5.41, 5.74) is 9.95. The molecule has 50 heavy (non-hydrogen) atoms. The van der Waals surface area contributed by atoms with E-state index in [0.717, 1.165) is 0 Å². The lowest BCUT2D eigenvalue weighted by atomic mass is 10.1. The number of aromatic amines is 2. The van der Waals surface area contributed by atoms with Crippen LogP contribution in [-0.4, -0.2) is 9.97 Å². The van der Waals surface area contributed by atoms with Crippen molar-refractivity contribution in [1.82, 2.24) is 9.97 Å². The Morgan fingerprint density at radius 1 is 0.180 bits per heavy atom. The number of hydrogen-bond donors (Lipinski definition) is 2. The first kappa shape index (κ1) is 31.9. The Labute approximate surface area is 293 Å². The molecule has 10 rings (SSSR count). The van der Waals surface area contributed by atoms with Crippen molar-refractivity contribution >= 4 is 43.6 Å². The van der Waals surface area contributed by atoms with Gasteiger partial charge in [-0.25, -0.2) is 0 Å². The van der Waals surface area contributed by atoms with Crippen molar-refractivity contribution in [1.29, 1.82) is 0 Å². The molecule has 0 saturated heterocycles. The minimum Gasteiger partial charge on any atom is -0.355 e. The molecule has 2 heteroatoms. The number of aromatic nitrogens is 2. The van der Waals surface area contributed by atoms with Crippen molar-refractivity contribution < 1.29 is 0 Å². The van der Waals surface area contributed by atoms with E-state index in [0.29, 0.717) is 0 Å². The molecule has 10 aromatic rings. The molecule has 0 fully saturated rings. The fraction of sp³-hybridized carbons (Fsp3) is 0. The third-order valence-electron chi connectivity index (χ3n) is 8.59. The van der Waals surface area contributed by atoms with Crippen LogP contribution in [0.25, 0.3) is 65.9 Å². The van der Waals surface area contributed by atoms with Crippen LogP contribution in [0.3, 0.4) is 0 Å². The lowest BCUT2D eigenvalue weighted by molar-refractivity contribution is 1.55. The summed E-state index contributed by atoms with van der Waals surface area (Å²) in [4.78, 5) is 6.76. The van der Waals surface area contributed by atoms with Crippen molar-refractivity contribution in [2.45, 2.75) is 0 Å². The number of H-pyrrole nitrogens is 2. The molecule has 2 N–H and O–H groups in total. The van der Waals surface area contributed by atoms with Gasteiger partial charge in [-0.1, -0.05) is 194 Å². The van der Waals surface area contributed by atoms with E-state index < -0.39 is 0 Å². The first-order valence-electron chi connectivity index (χ1n) is 17.0. The summed E-state index contributed by atoms with van der Waals surface area (Å²) in [6.07, 6.45) is 0. The highest BCUT2D eigenvalue weighted by Crippen LogP contribution is 2.25. The Morgan fingerprint density at radius 2 is 0.360 bits per heavy atom. The maximum absolute atomic E-state index is 3.38. The fourth-order valence-corrected chi connectivity index (χ4v) is 6.12. The van der Waals surface area contributed by atoms with Crippen molar-refractivity contribution in [3.05, 3.63) is 218 Å². The van der Waals surface area contributed by atoms with E-state index >= 15 is 0 Å². The van der Waals surface area contributed by atoms with Gasteiger partial charge in [-0.15, -0.1) is 0 Å². The monoisotopic (exact) mass is 642 g/mol. The Balaban J connectivity index is 0.000000105. The Morgan fingerprint density at radius 3 is 0.580 bits per heavy atom. The minimum atomic E-state index is 1.21. The molecule has 2 nitrogen and oxygen atoms in total. The summed E-state index contributed by atoms with van der Waals surface area (Å²) < 4.78 is 0. The van der Waals surface area contributed by atoms with E-state index in [1.807, 2.05) is 24.3 Å². The van der Waals surface area contributed by atoms with E-state index in [1.54, 1.807) is 0 Å². The highest BCUT2D eigenvalue weighted by Gasteiger charge is 2.01. The zero-order chi connectivity index (χ0) is 33.8. The lowest BCUT2D eigenvalue weighted by Crippen LogP contribution is -1.73. The van der Waals surface area contributed by atoms with Gasteiger partial charge in [0, 0.05) is 43.6 Å². The molecule has 2 aromatic heterocycles. The van der Waals surface area contributed by atoms with Gasteiger partial charge < -0.3 is 9.97 Å². The third-order valence-corrected chi connectivity index (χ3v) is 8.59. The van der Waals surface area contributed by atoms with Gasteiger partial charge in [0.25, 0.3) is 0 Å². The van der Waals surface area contributed by atoms with Crippen LogP contribution < -0.4 is 0 Å². The second kappa shape index (κ2) is 16.0. The van der Waals surface area contributed by atoms with Gasteiger partial charge in [0.05, 0.1) is 0 Å². The molecule has 0 aliphatic rings. The molecule has 0 atom stereocenters. The molecule has 0 amide bonds. The molecular weight excluding hydrogens is 605 g/mol. The maximum Gasteiger partial charge on any atom is 0.0464 e. The predicted octanol–water partition coefficient (Wildman–Crippen LogP) is 13.3. The summed E-state index contributed by atoms with van der Waals surface area (Å²) in [7, 11) is 0. The molecule has 2 heterocycles. The summed E-state index contributed by atoms with van der Waals surface area (Å²) >= 11 is 0. The van der Waals surface area contributed by atoms with Gasteiger partial charge >= 0.3 is 0 Å². The summed E-state index contributed by atoms with van der Waals surface area (Å²) in [6, 6.07) is 75.1. The van der Waals surface area contributed by atoms with Crippen LogP contribution >= 0.6 is 0 Å². The second-order valence-corrected chi connectivity index (χ2v) is 11.9. The first-order valence-corrected chi connectivity index (χ1v) is 17.0. The van der Waals surface area contributed by atoms with Gasteiger partial charge in [-0.05, 0) is 46.5 Å². The molecule has 8 aromatic carbocycles. The molecule has 0 radical (unpaired) electrons. The van der Waals surface area contributed by atoms with E-state index in [-0.39, 0.29) is 0 Å². The molecule has 240 valence electrons. The molecule has 0 aliphatic carbocycles. The maximum atomic E-state index is 3.38. The highest BCUT2D eigenvalue weighted by atomic mass is 14.7. The fourth-order valence-electron chi connectivity index (χ4n) is 6.12. The smallest absolute Gasteiger partial charge is 0.0464 e. The van der Waals surface area contributed by atoms with Crippen LogP contribution in [0.4, 0.5) is 0 Å². The molecule has 0 saturated carbocycles. The number of fused-ring (bicyclic) bond motifs is 6. The van der Waals surface area contributed by atoms with Crippen LogP contribution in [0, 0.1) is 0 Å². The SMILES string of the molecule is c1ccc(-c2ccccc2)cc1.c1ccc(-c2ccccc2)cc1.c1ccc2c(c1)[nH]c1ccccc12.c1ccc2c(c1)[nH]c1ccccc12. The lowest BCUT2D eigenvalue weighted by Gasteiger charge is -1.98. The molecule has 0 unspecified atom stereocenters. The van der Waals surface area contributed by atoms with Crippen molar-refractivity contribution in [3.63, 3.8) is 0 Å². The van der Waals surface area contributed by atoms with Gasteiger partial charge in [0.15, 0.2) is 0 Å². The Bertz CT molecular complexity index is 2160. The Kier molecular flexibility index (Phi) is 10.2. The van der Waals surface area contributed by atoms with E-state index in [1.165, 1.54) is 65.9 Å². The van der Waals surface area contributed by atoms with Crippen LogP contribution in [0.15, 0.2) is 218 Å². The summed E-state index contributed by atoms with van der Waals surface area (Å²) in [6.45, 7) is 0. The largest absolute Gasteiger partial charge is 0.355 e. The van der Waals surface area contributed by atoms with Crippen molar-refractivity contribution in [3.8, 4) is 22.3 Å². The van der Waals surface area contributed by atoms with Crippen LogP contribution in [0.5, 0.6) is 0 Å². The first-order chi connectivity index (χ1) is 24.8.